The molecule has 1 aromatic carbocycles. The third-order valence-electron chi connectivity index (χ3n) is 3.44. The van der Waals surface area contributed by atoms with E-state index in [2.05, 4.69) is 59.9 Å². The topological polar surface area (TPSA) is 29.9 Å². The largest absolute Gasteiger partial charge is 0.331 e. The van der Waals surface area contributed by atoms with Gasteiger partial charge in [0.25, 0.3) is 0 Å². The average Bonchev–Trinajstić information content (AvgIpc) is 2.85. The van der Waals surface area contributed by atoms with Crippen molar-refractivity contribution < 1.29 is 0 Å². The van der Waals surface area contributed by atoms with Crippen LogP contribution in [-0.2, 0) is 13.0 Å². The molecule has 3 nitrogen and oxygen atoms in total. The molecule has 0 aliphatic carbocycles. The Morgan fingerprint density at radius 3 is 2.79 bits per heavy atom. The lowest BCUT2D eigenvalue weighted by molar-refractivity contribution is 0.551. The maximum Gasteiger partial charge on any atom is 0.0951 e. The molecule has 1 N–H and O–H groups in total. The molecule has 0 atom stereocenters. The quantitative estimate of drug-likeness (QED) is 0.806. The van der Waals surface area contributed by atoms with Gasteiger partial charge in [-0.05, 0) is 44.9 Å². The van der Waals surface area contributed by atoms with Crippen molar-refractivity contribution >= 4 is 0 Å². The fraction of sp³-hybridized carbons (Fsp3) is 0.438. The van der Waals surface area contributed by atoms with E-state index in [0.29, 0.717) is 6.04 Å². The number of rotatable bonds is 6. The van der Waals surface area contributed by atoms with Crippen molar-refractivity contribution in [1.29, 1.82) is 0 Å². The zero-order valence-electron chi connectivity index (χ0n) is 12.1. The number of benzene rings is 1. The fourth-order valence-electron chi connectivity index (χ4n) is 2.26. The van der Waals surface area contributed by atoms with E-state index >= 15 is 0 Å². The van der Waals surface area contributed by atoms with Crippen LogP contribution in [0.15, 0.2) is 36.8 Å². The second-order valence-corrected chi connectivity index (χ2v) is 5.24. The molecule has 0 aliphatic heterocycles. The zero-order valence-corrected chi connectivity index (χ0v) is 12.1. The van der Waals surface area contributed by atoms with E-state index in [1.165, 1.54) is 16.8 Å². The lowest BCUT2D eigenvalue weighted by Crippen LogP contribution is -2.19. The normalized spacial score (nSPS) is 11.2. The summed E-state index contributed by atoms with van der Waals surface area (Å²) in [4.78, 5) is 4.22. The Morgan fingerprint density at radius 1 is 1.26 bits per heavy atom. The van der Waals surface area contributed by atoms with Gasteiger partial charge in [-0.25, -0.2) is 4.98 Å². The molecule has 0 amide bonds. The molecule has 0 saturated carbocycles. The molecule has 3 heteroatoms. The molecule has 1 heterocycles. The number of nitrogens with zero attached hydrogens (tertiary/aromatic N) is 2. The van der Waals surface area contributed by atoms with Gasteiger partial charge < -0.3 is 9.88 Å². The Kier molecular flexibility index (Phi) is 4.74. The number of imidazole rings is 1. The predicted octanol–water partition coefficient (Wildman–Crippen LogP) is 3.10. The van der Waals surface area contributed by atoms with E-state index in [1.807, 2.05) is 12.5 Å². The van der Waals surface area contributed by atoms with Crippen LogP contribution in [-0.4, -0.2) is 16.1 Å². The van der Waals surface area contributed by atoms with E-state index in [4.69, 9.17) is 0 Å². The number of aromatic nitrogens is 2. The Bertz CT molecular complexity index is 514. The van der Waals surface area contributed by atoms with Gasteiger partial charge in [0.1, 0.15) is 0 Å². The minimum absolute atomic E-state index is 0.468. The Hall–Kier alpha value is -1.61. The maximum absolute atomic E-state index is 4.22. The lowest BCUT2D eigenvalue weighted by atomic mass is 10.1. The first-order valence-electron chi connectivity index (χ1n) is 6.94. The second kappa shape index (κ2) is 6.53. The molecule has 0 aliphatic rings. The van der Waals surface area contributed by atoms with E-state index in [9.17, 15) is 0 Å². The van der Waals surface area contributed by atoms with Gasteiger partial charge in [-0.3, -0.25) is 0 Å². The number of hydrogen-bond acceptors (Lipinski definition) is 2. The SMILES string of the molecule is Cc1ccccc1CCNCc1cncn1C(C)C. The third kappa shape index (κ3) is 3.67. The first kappa shape index (κ1) is 13.8. The maximum atomic E-state index is 4.22. The first-order chi connectivity index (χ1) is 9.18. The summed E-state index contributed by atoms with van der Waals surface area (Å²) in [5.41, 5.74) is 4.05. The Labute approximate surface area is 115 Å². The van der Waals surface area contributed by atoms with Crippen LogP contribution in [0, 0.1) is 6.92 Å². The molecule has 0 spiro atoms. The molecule has 0 unspecified atom stereocenters. The van der Waals surface area contributed by atoms with E-state index < -0.39 is 0 Å². The summed E-state index contributed by atoms with van der Waals surface area (Å²) < 4.78 is 2.21. The summed E-state index contributed by atoms with van der Waals surface area (Å²) in [6, 6.07) is 9.04. The highest BCUT2D eigenvalue weighted by Crippen LogP contribution is 2.09. The van der Waals surface area contributed by atoms with Crippen molar-refractivity contribution in [2.75, 3.05) is 6.54 Å². The minimum Gasteiger partial charge on any atom is -0.331 e. The van der Waals surface area contributed by atoms with Crippen molar-refractivity contribution in [1.82, 2.24) is 14.9 Å². The van der Waals surface area contributed by atoms with Gasteiger partial charge in [-0.2, -0.15) is 0 Å². The van der Waals surface area contributed by atoms with Crippen LogP contribution in [0.2, 0.25) is 0 Å². The Morgan fingerprint density at radius 2 is 2.05 bits per heavy atom. The first-order valence-corrected chi connectivity index (χ1v) is 6.94. The molecular formula is C16H23N3. The van der Waals surface area contributed by atoms with Crippen LogP contribution in [0.25, 0.3) is 0 Å². The molecule has 0 radical (unpaired) electrons. The van der Waals surface area contributed by atoms with Gasteiger partial charge in [0.15, 0.2) is 0 Å². The van der Waals surface area contributed by atoms with Crippen molar-refractivity contribution in [3.63, 3.8) is 0 Å². The lowest BCUT2D eigenvalue weighted by Gasteiger charge is -2.12. The predicted molar refractivity (Wildman–Crippen MR) is 79.2 cm³/mol. The number of hydrogen-bond donors (Lipinski definition) is 1. The summed E-state index contributed by atoms with van der Waals surface area (Å²) in [5, 5.41) is 3.50. The van der Waals surface area contributed by atoms with Gasteiger partial charge in [0, 0.05) is 18.8 Å². The van der Waals surface area contributed by atoms with Gasteiger partial charge in [-0.15, -0.1) is 0 Å². The highest BCUT2D eigenvalue weighted by Gasteiger charge is 2.04. The molecule has 2 aromatic rings. The van der Waals surface area contributed by atoms with Gasteiger partial charge in [-0.1, -0.05) is 24.3 Å². The van der Waals surface area contributed by atoms with Crippen molar-refractivity contribution in [3.8, 4) is 0 Å². The summed E-state index contributed by atoms with van der Waals surface area (Å²) in [6.07, 6.45) is 4.92. The van der Waals surface area contributed by atoms with Crippen LogP contribution >= 0.6 is 0 Å². The highest BCUT2D eigenvalue weighted by molar-refractivity contribution is 5.25. The second-order valence-electron chi connectivity index (χ2n) is 5.24. The van der Waals surface area contributed by atoms with E-state index in [0.717, 1.165) is 19.5 Å². The van der Waals surface area contributed by atoms with Crippen LogP contribution < -0.4 is 5.32 Å². The molecule has 0 fully saturated rings. The van der Waals surface area contributed by atoms with Crippen molar-refractivity contribution in [3.05, 3.63) is 53.6 Å². The molecule has 0 bridgehead atoms. The molecule has 2 rings (SSSR count). The van der Waals surface area contributed by atoms with Crippen LogP contribution in [0.5, 0.6) is 0 Å². The minimum atomic E-state index is 0.468. The van der Waals surface area contributed by atoms with Gasteiger partial charge in [0.2, 0.25) is 0 Å². The average molecular weight is 257 g/mol. The third-order valence-corrected chi connectivity index (χ3v) is 3.44. The Balaban J connectivity index is 1.81. The number of aryl methyl sites for hydroxylation is 1. The van der Waals surface area contributed by atoms with Crippen LogP contribution in [0.4, 0.5) is 0 Å². The fourth-order valence-corrected chi connectivity index (χ4v) is 2.26. The molecule has 1 aromatic heterocycles. The smallest absolute Gasteiger partial charge is 0.0951 e. The van der Waals surface area contributed by atoms with Gasteiger partial charge in [0.05, 0.1) is 12.0 Å². The monoisotopic (exact) mass is 257 g/mol. The summed E-state index contributed by atoms with van der Waals surface area (Å²) in [6.45, 7) is 8.40. The zero-order chi connectivity index (χ0) is 13.7. The van der Waals surface area contributed by atoms with Crippen LogP contribution in [0.3, 0.4) is 0 Å². The number of nitrogens with one attached hydrogen (secondary N) is 1. The summed E-state index contributed by atoms with van der Waals surface area (Å²) in [7, 11) is 0. The van der Waals surface area contributed by atoms with Crippen LogP contribution in [0.1, 0.15) is 36.7 Å². The van der Waals surface area contributed by atoms with E-state index in [-0.39, 0.29) is 0 Å². The molecule has 19 heavy (non-hydrogen) atoms. The van der Waals surface area contributed by atoms with E-state index in [1.54, 1.807) is 0 Å². The standard InChI is InChI=1S/C16H23N3/c1-13(2)19-12-18-11-16(19)10-17-9-8-15-7-5-4-6-14(15)3/h4-7,11-13,17H,8-10H2,1-3H3. The molecule has 0 saturated heterocycles. The molecular weight excluding hydrogens is 234 g/mol. The van der Waals surface area contributed by atoms with Crippen molar-refractivity contribution in [2.45, 2.75) is 39.8 Å². The summed E-state index contributed by atoms with van der Waals surface area (Å²) >= 11 is 0. The molecule has 102 valence electrons. The highest BCUT2D eigenvalue weighted by atomic mass is 15.1. The summed E-state index contributed by atoms with van der Waals surface area (Å²) in [5.74, 6) is 0. The van der Waals surface area contributed by atoms with Crippen molar-refractivity contribution in [2.24, 2.45) is 0 Å². The van der Waals surface area contributed by atoms with Gasteiger partial charge >= 0.3 is 0 Å².